The third kappa shape index (κ3) is 4.21. The number of halogens is 1. The molecule has 0 spiro atoms. The summed E-state index contributed by atoms with van der Waals surface area (Å²) in [5.74, 6) is 0.457. The van der Waals surface area contributed by atoms with Crippen LogP contribution in [0.15, 0.2) is 34.4 Å². The molecule has 0 bridgehead atoms. The predicted octanol–water partition coefficient (Wildman–Crippen LogP) is 5.05. The molecular formula is C20H25ClN2O3. The van der Waals surface area contributed by atoms with Crippen LogP contribution in [0.3, 0.4) is 0 Å². The van der Waals surface area contributed by atoms with Gasteiger partial charge in [0.2, 0.25) is 0 Å². The second-order valence-electron chi connectivity index (χ2n) is 7.66. The Morgan fingerprint density at radius 2 is 2.23 bits per heavy atom. The third-order valence-corrected chi connectivity index (χ3v) is 4.84. The first kappa shape index (κ1) is 18.8. The molecule has 2 aromatic rings. The van der Waals surface area contributed by atoms with Crippen LogP contribution in [-0.2, 0) is 4.79 Å². The van der Waals surface area contributed by atoms with Crippen molar-refractivity contribution < 1.29 is 13.9 Å². The van der Waals surface area contributed by atoms with E-state index in [1.165, 1.54) is 0 Å². The van der Waals surface area contributed by atoms with Gasteiger partial charge >= 0.3 is 6.08 Å². The van der Waals surface area contributed by atoms with Crippen molar-refractivity contribution in [2.24, 2.45) is 11.3 Å². The topological polar surface area (TPSA) is 55.6 Å². The lowest BCUT2D eigenvalue weighted by atomic mass is 9.76. The van der Waals surface area contributed by atoms with E-state index < -0.39 is 0 Å². The number of hydrogen-bond donors (Lipinski definition) is 0. The fourth-order valence-corrected chi connectivity index (χ4v) is 3.93. The first-order chi connectivity index (χ1) is 12.3. The minimum absolute atomic E-state index is 0.0815. The molecule has 1 aliphatic rings. The molecule has 1 amide bonds. The van der Waals surface area contributed by atoms with Gasteiger partial charge in [0.05, 0.1) is 0 Å². The molecule has 1 unspecified atom stereocenters. The lowest BCUT2D eigenvalue weighted by molar-refractivity contribution is -0.132. The number of amides is 1. The number of ether oxygens (including phenoxy) is 1. The second-order valence-corrected chi connectivity index (χ2v) is 8.09. The maximum absolute atomic E-state index is 12.7. The van der Waals surface area contributed by atoms with Gasteiger partial charge in [0.25, 0.3) is 5.91 Å². The van der Waals surface area contributed by atoms with Gasteiger partial charge in [-0.1, -0.05) is 38.4 Å². The number of oxazole rings is 1. The van der Waals surface area contributed by atoms with E-state index >= 15 is 0 Å². The van der Waals surface area contributed by atoms with Crippen molar-refractivity contribution in [3.8, 4) is 6.08 Å². The maximum Gasteiger partial charge on any atom is 0.395 e. The molecule has 1 aromatic heterocycles. The van der Waals surface area contributed by atoms with Crippen molar-refractivity contribution >= 4 is 28.6 Å². The van der Waals surface area contributed by atoms with Crippen molar-refractivity contribution in [3.05, 3.63) is 35.0 Å². The number of aromatic nitrogens is 1. The molecule has 26 heavy (non-hydrogen) atoms. The Hall–Kier alpha value is -2.01. The number of hydrogen-bond acceptors (Lipinski definition) is 4. The molecule has 1 atom stereocenters. The average Bonchev–Trinajstić information content (AvgIpc) is 2.93. The molecule has 1 heterocycles. The van der Waals surface area contributed by atoms with Gasteiger partial charge in [-0.15, -0.1) is 0 Å². The van der Waals surface area contributed by atoms with E-state index in [9.17, 15) is 4.79 Å². The number of carbonyl (C=O) groups excluding carboxylic acids is 1. The molecule has 3 rings (SSSR count). The summed E-state index contributed by atoms with van der Waals surface area (Å²) in [4.78, 5) is 18.7. The molecule has 1 aromatic carbocycles. The van der Waals surface area contributed by atoms with E-state index in [0.717, 1.165) is 18.5 Å². The smallest absolute Gasteiger partial charge is 0.395 e. The summed E-state index contributed by atoms with van der Waals surface area (Å²) in [5, 5.41) is 0.576. The van der Waals surface area contributed by atoms with Crippen molar-refractivity contribution in [3.63, 3.8) is 0 Å². The van der Waals surface area contributed by atoms with Crippen LogP contribution in [0.1, 0.15) is 40.5 Å². The summed E-state index contributed by atoms with van der Waals surface area (Å²) in [6.07, 6.45) is 4.34. The Kier molecular flexibility index (Phi) is 5.28. The van der Waals surface area contributed by atoms with Crippen LogP contribution in [-0.4, -0.2) is 28.9 Å². The van der Waals surface area contributed by atoms with Crippen LogP contribution in [0.5, 0.6) is 6.08 Å². The Bertz CT molecular complexity index is 841. The molecule has 0 fully saturated rings. The molecule has 0 saturated carbocycles. The highest BCUT2D eigenvalue weighted by molar-refractivity contribution is 6.31. The van der Waals surface area contributed by atoms with Gasteiger partial charge < -0.3 is 14.1 Å². The van der Waals surface area contributed by atoms with E-state index in [1.54, 1.807) is 23.1 Å². The molecule has 0 saturated heterocycles. The molecule has 140 valence electrons. The maximum atomic E-state index is 12.7. The highest BCUT2D eigenvalue weighted by atomic mass is 35.5. The third-order valence-electron chi connectivity index (χ3n) is 4.60. The summed E-state index contributed by atoms with van der Waals surface area (Å²) >= 11 is 5.95. The number of fused-ring (bicyclic) bond motifs is 1. The molecule has 0 aliphatic heterocycles. The molecule has 0 radical (unpaired) electrons. The summed E-state index contributed by atoms with van der Waals surface area (Å²) in [5.41, 5.74) is 2.36. The lowest BCUT2D eigenvalue weighted by Crippen LogP contribution is -2.37. The molecule has 5 nitrogen and oxygen atoms in total. The standard InChI is InChI=1S/C20H25ClN2O3/c1-5-23(15-8-13(2)10-20(3,4)11-15)18(24)12-25-19-22-16-9-14(21)6-7-17(16)26-19/h6-7,9,11,13H,5,8,10,12H2,1-4H3. The number of likely N-dealkylation sites (N-methyl/N-ethyl adjacent to an activating group) is 1. The molecule has 0 N–H and O–H groups in total. The zero-order valence-electron chi connectivity index (χ0n) is 15.7. The van der Waals surface area contributed by atoms with Gasteiger partial charge in [-0.05, 0) is 49.3 Å². The zero-order chi connectivity index (χ0) is 18.9. The molecule has 1 aliphatic carbocycles. The van der Waals surface area contributed by atoms with Gasteiger partial charge in [0, 0.05) is 17.3 Å². The van der Waals surface area contributed by atoms with E-state index in [2.05, 4.69) is 31.8 Å². The predicted molar refractivity (Wildman–Crippen MR) is 102 cm³/mol. The number of allylic oxidation sites excluding steroid dienone is 2. The lowest BCUT2D eigenvalue weighted by Gasteiger charge is -2.36. The van der Waals surface area contributed by atoms with Gasteiger partial charge in [0.15, 0.2) is 12.2 Å². The zero-order valence-corrected chi connectivity index (χ0v) is 16.5. The van der Waals surface area contributed by atoms with Crippen LogP contribution in [0.25, 0.3) is 11.1 Å². The SMILES string of the molecule is CCN(C(=O)COc1nc2cc(Cl)ccc2o1)C1=CC(C)(C)CC(C)C1. The molecular weight excluding hydrogens is 352 g/mol. The van der Waals surface area contributed by atoms with Crippen LogP contribution < -0.4 is 4.74 Å². The first-order valence-corrected chi connectivity index (χ1v) is 9.36. The van der Waals surface area contributed by atoms with Crippen LogP contribution in [0, 0.1) is 11.3 Å². The van der Waals surface area contributed by atoms with Gasteiger partial charge in [-0.3, -0.25) is 4.79 Å². The fourth-order valence-electron chi connectivity index (χ4n) is 3.77. The highest BCUT2D eigenvalue weighted by Crippen LogP contribution is 2.37. The van der Waals surface area contributed by atoms with Crippen molar-refractivity contribution in [1.29, 1.82) is 0 Å². The highest BCUT2D eigenvalue weighted by Gasteiger charge is 2.29. The van der Waals surface area contributed by atoms with Crippen LogP contribution in [0.4, 0.5) is 0 Å². The van der Waals surface area contributed by atoms with Crippen molar-refractivity contribution in [1.82, 2.24) is 9.88 Å². The minimum Gasteiger partial charge on any atom is -0.440 e. The van der Waals surface area contributed by atoms with Crippen LogP contribution >= 0.6 is 11.6 Å². The fraction of sp³-hybridized carbons (Fsp3) is 0.500. The normalized spacial score (nSPS) is 19.3. The first-order valence-electron chi connectivity index (χ1n) is 8.98. The Morgan fingerprint density at radius 3 is 2.92 bits per heavy atom. The number of benzene rings is 1. The van der Waals surface area contributed by atoms with Crippen molar-refractivity contribution in [2.45, 2.75) is 40.5 Å². The number of nitrogens with zero attached hydrogens (tertiary/aromatic N) is 2. The van der Waals surface area contributed by atoms with Gasteiger partial charge in [-0.2, -0.15) is 4.98 Å². The van der Waals surface area contributed by atoms with E-state index in [0.29, 0.717) is 28.6 Å². The Balaban J connectivity index is 1.70. The number of carbonyl (C=O) groups is 1. The monoisotopic (exact) mass is 376 g/mol. The van der Waals surface area contributed by atoms with E-state index in [1.807, 2.05) is 6.92 Å². The summed E-state index contributed by atoms with van der Waals surface area (Å²) in [6, 6.07) is 5.15. The average molecular weight is 377 g/mol. The summed E-state index contributed by atoms with van der Waals surface area (Å²) in [6.45, 7) is 9.13. The van der Waals surface area contributed by atoms with Crippen LogP contribution in [0.2, 0.25) is 5.02 Å². The van der Waals surface area contributed by atoms with E-state index in [-0.39, 0.29) is 24.0 Å². The summed E-state index contributed by atoms with van der Waals surface area (Å²) < 4.78 is 11.0. The number of rotatable bonds is 5. The molecule has 6 heteroatoms. The largest absolute Gasteiger partial charge is 0.440 e. The van der Waals surface area contributed by atoms with Gasteiger partial charge in [0.1, 0.15) is 5.52 Å². The van der Waals surface area contributed by atoms with Crippen molar-refractivity contribution in [2.75, 3.05) is 13.2 Å². The Labute approximate surface area is 159 Å². The van der Waals surface area contributed by atoms with E-state index in [4.69, 9.17) is 20.8 Å². The van der Waals surface area contributed by atoms with Gasteiger partial charge in [-0.25, -0.2) is 0 Å². The Morgan fingerprint density at radius 1 is 1.46 bits per heavy atom. The second kappa shape index (κ2) is 7.31. The minimum atomic E-state index is -0.111. The summed E-state index contributed by atoms with van der Waals surface area (Å²) in [7, 11) is 0. The quantitative estimate of drug-likeness (QED) is 0.732.